The van der Waals surface area contributed by atoms with E-state index in [2.05, 4.69) is 15.3 Å². The van der Waals surface area contributed by atoms with Crippen molar-refractivity contribution in [3.8, 4) is 5.88 Å². The number of aryl methyl sites for hydroxylation is 1. The van der Waals surface area contributed by atoms with Crippen molar-refractivity contribution >= 4 is 11.8 Å². The molecule has 0 unspecified atom stereocenters. The summed E-state index contributed by atoms with van der Waals surface area (Å²) in [5, 5.41) is 2.91. The maximum atomic E-state index is 12.4. The molecule has 0 aliphatic rings. The normalized spacial score (nSPS) is 10.2. The van der Waals surface area contributed by atoms with Gasteiger partial charge in [0.2, 0.25) is 5.88 Å². The van der Waals surface area contributed by atoms with Crippen LogP contribution >= 0.6 is 0 Å². The van der Waals surface area contributed by atoms with Gasteiger partial charge in [0.25, 0.3) is 5.56 Å². The van der Waals surface area contributed by atoms with E-state index in [1.807, 2.05) is 6.07 Å². The first-order valence-corrected chi connectivity index (χ1v) is 7.61. The van der Waals surface area contributed by atoms with Crippen LogP contribution in [0.25, 0.3) is 0 Å². The second-order valence-electron chi connectivity index (χ2n) is 4.89. The maximum absolute atomic E-state index is 12.4. The van der Waals surface area contributed by atoms with E-state index < -0.39 is 5.97 Å². The van der Waals surface area contributed by atoms with E-state index in [9.17, 15) is 9.59 Å². The van der Waals surface area contributed by atoms with Gasteiger partial charge < -0.3 is 14.8 Å². The molecule has 8 nitrogen and oxygen atoms in total. The number of aromatic nitrogens is 3. The molecule has 2 rings (SSSR count). The van der Waals surface area contributed by atoms with Gasteiger partial charge in [0.05, 0.1) is 13.2 Å². The maximum Gasteiger partial charge on any atom is 0.326 e. The van der Waals surface area contributed by atoms with Crippen LogP contribution in [0, 0.1) is 6.92 Å². The third-order valence-corrected chi connectivity index (χ3v) is 3.13. The minimum atomic E-state index is -0.460. The Hall–Kier alpha value is -2.90. The van der Waals surface area contributed by atoms with Gasteiger partial charge >= 0.3 is 5.97 Å². The highest BCUT2D eigenvalue weighted by atomic mass is 16.5. The van der Waals surface area contributed by atoms with Crippen molar-refractivity contribution in [2.75, 3.05) is 25.1 Å². The van der Waals surface area contributed by atoms with E-state index in [-0.39, 0.29) is 24.5 Å². The smallest absolute Gasteiger partial charge is 0.326 e. The molecule has 0 saturated carbocycles. The van der Waals surface area contributed by atoms with Crippen LogP contribution in [0.5, 0.6) is 5.88 Å². The van der Waals surface area contributed by atoms with Gasteiger partial charge in [-0.15, -0.1) is 0 Å². The summed E-state index contributed by atoms with van der Waals surface area (Å²) in [7, 11) is 0. The molecule has 0 amide bonds. The minimum Gasteiger partial charge on any atom is -0.476 e. The van der Waals surface area contributed by atoms with Gasteiger partial charge in [0, 0.05) is 24.2 Å². The molecule has 0 spiro atoms. The van der Waals surface area contributed by atoms with Crippen LogP contribution < -0.4 is 15.6 Å². The zero-order valence-corrected chi connectivity index (χ0v) is 13.7. The number of nitrogens with one attached hydrogen (secondary N) is 1. The molecule has 128 valence electrons. The van der Waals surface area contributed by atoms with Crippen molar-refractivity contribution in [3.05, 3.63) is 46.6 Å². The monoisotopic (exact) mass is 332 g/mol. The summed E-state index contributed by atoms with van der Waals surface area (Å²) in [5.41, 5.74) is 0.212. The van der Waals surface area contributed by atoms with Crippen LogP contribution in [0.1, 0.15) is 12.6 Å². The van der Waals surface area contributed by atoms with Crippen LogP contribution in [0.4, 0.5) is 5.82 Å². The Morgan fingerprint density at radius 3 is 2.88 bits per heavy atom. The second kappa shape index (κ2) is 8.66. The summed E-state index contributed by atoms with van der Waals surface area (Å²) in [5.74, 6) is 0.212. The fourth-order valence-electron chi connectivity index (χ4n) is 1.98. The Labute approximate surface area is 139 Å². The molecule has 1 N–H and O–H groups in total. The molecular formula is C16H20N4O4. The van der Waals surface area contributed by atoms with Crippen molar-refractivity contribution in [2.45, 2.75) is 20.4 Å². The number of anilines is 1. The molecule has 0 aromatic carbocycles. The molecule has 8 heteroatoms. The highest BCUT2D eigenvalue weighted by Gasteiger charge is 2.11. The van der Waals surface area contributed by atoms with Gasteiger partial charge in [-0.1, -0.05) is 6.07 Å². The van der Waals surface area contributed by atoms with E-state index in [0.717, 1.165) is 0 Å². The first kappa shape index (κ1) is 17.5. The average molecular weight is 332 g/mol. The van der Waals surface area contributed by atoms with E-state index in [4.69, 9.17) is 9.47 Å². The second-order valence-corrected chi connectivity index (χ2v) is 4.89. The van der Waals surface area contributed by atoms with Crippen molar-refractivity contribution in [1.82, 2.24) is 14.5 Å². The molecule has 0 bridgehead atoms. The van der Waals surface area contributed by atoms with E-state index in [0.29, 0.717) is 24.7 Å². The molecule has 24 heavy (non-hydrogen) atoms. The molecule has 0 aliphatic carbocycles. The van der Waals surface area contributed by atoms with Gasteiger partial charge in [-0.2, -0.15) is 0 Å². The fourth-order valence-corrected chi connectivity index (χ4v) is 1.98. The summed E-state index contributed by atoms with van der Waals surface area (Å²) in [6.07, 6.45) is 3.17. The Kier molecular flexibility index (Phi) is 6.30. The Morgan fingerprint density at radius 1 is 1.33 bits per heavy atom. The van der Waals surface area contributed by atoms with Crippen LogP contribution in [-0.2, 0) is 16.1 Å². The molecule has 2 heterocycles. The molecule has 0 atom stereocenters. The Morgan fingerprint density at radius 2 is 2.17 bits per heavy atom. The highest BCUT2D eigenvalue weighted by molar-refractivity contribution is 5.69. The first-order valence-electron chi connectivity index (χ1n) is 7.61. The Balaban J connectivity index is 1.95. The molecule has 0 aliphatic heterocycles. The molecule has 0 radical (unpaired) electrons. The SMILES string of the molecule is CCOC(=O)Cn1c(C)cnc(NCCOc2ccccn2)c1=O. The van der Waals surface area contributed by atoms with E-state index in [1.165, 1.54) is 10.8 Å². The molecule has 0 saturated heterocycles. The van der Waals surface area contributed by atoms with Crippen LogP contribution in [0.2, 0.25) is 0 Å². The van der Waals surface area contributed by atoms with Crippen molar-refractivity contribution < 1.29 is 14.3 Å². The first-order chi connectivity index (χ1) is 11.6. The third kappa shape index (κ3) is 4.80. The van der Waals surface area contributed by atoms with Crippen LogP contribution in [0.3, 0.4) is 0 Å². The summed E-state index contributed by atoms with van der Waals surface area (Å²) in [4.78, 5) is 32.1. The zero-order chi connectivity index (χ0) is 17.4. The lowest BCUT2D eigenvalue weighted by molar-refractivity contribution is -0.143. The Bertz CT molecular complexity index is 731. The summed E-state index contributed by atoms with van der Waals surface area (Å²) < 4.78 is 11.6. The lowest BCUT2D eigenvalue weighted by atomic mass is 10.4. The van der Waals surface area contributed by atoms with Gasteiger partial charge in [-0.3, -0.25) is 14.2 Å². The number of carbonyl (C=O) groups is 1. The summed E-state index contributed by atoms with van der Waals surface area (Å²) >= 11 is 0. The van der Waals surface area contributed by atoms with Gasteiger partial charge in [0.15, 0.2) is 5.82 Å². The number of pyridine rings is 1. The highest BCUT2D eigenvalue weighted by Crippen LogP contribution is 2.03. The van der Waals surface area contributed by atoms with E-state index in [1.54, 1.807) is 32.2 Å². The zero-order valence-electron chi connectivity index (χ0n) is 13.7. The number of rotatable bonds is 8. The van der Waals surface area contributed by atoms with Crippen LogP contribution in [0.15, 0.2) is 35.4 Å². The number of carbonyl (C=O) groups excluding carboxylic acids is 1. The molecular weight excluding hydrogens is 312 g/mol. The number of hydrogen-bond acceptors (Lipinski definition) is 7. The minimum absolute atomic E-state index is 0.139. The molecule has 2 aromatic rings. The molecule has 0 fully saturated rings. The van der Waals surface area contributed by atoms with Crippen molar-refractivity contribution in [3.63, 3.8) is 0 Å². The van der Waals surface area contributed by atoms with Crippen LogP contribution in [-0.4, -0.2) is 40.3 Å². The predicted octanol–water partition coefficient (Wildman–Crippen LogP) is 1.00. The largest absolute Gasteiger partial charge is 0.476 e. The fraction of sp³-hybridized carbons (Fsp3) is 0.375. The topological polar surface area (TPSA) is 95.3 Å². The standard InChI is InChI=1S/C16H20N4O4/c1-3-23-14(21)11-20-12(2)10-19-15(16(20)22)18-8-9-24-13-6-4-5-7-17-13/h4-7,10H,3,8-9,11H2,1-2H3,(H,18,19). The summed E-state index contributed by atoms with van der Waals surface area (Å²) in [6.45, 7) is 4.26. The number of hydrogen-bond donors (Lipinski definition) is 1. The van der Waals surface area contributed by atoms with Gasteiger partial charge in [-0.05, 0) is 19.9 Å². The summed E-state index contributed by atoms with van der Waals surface area (Å²) in [6, 6.07) is 5.37. The average Bonchev–Trinajstić information content (AvgIpc) is 2.58. The number of nitrogens with zero attached hydrogens (tertiary/aromatic N) is 3. The van der Waals surface area contributed by atoms with Crippen molar-refractivity contribution in [2.24, 2.45) is 0 Å². The number of esters is 1. The number of ether oxygens (including phenoxy) is 2. The predicted molar refractivity (Wildman–Crippen MR) is 88.1 cm³/mol. The quantitative estimate of drug-likeness (QED) is 0.569. The lowest BCUT2D eigenvalue weighted by Gasteiger charge is -2.12. The van der Waals surface area contributed by atoms with Crippen molar-refractivity contribution in [1.29, 1.82) is 0 Å². The molecule has 2 aromatic heterocycles. The van der Waals surface area contributed by atoms with Gasteiger partial charge in [0.1, 0.15) is 13.2 Å². The third-order valence-electron chi connectivity index (χ3n) is 3.13. The van der Waals surface area contributed by atoms with Gasteiger partial charge in [-0.25, -0.2) is 9.97 Å². The van der Waals surface area contributed by atoms with E-state index >= 15 is 0 Å². The lowest BCUT2D eigenvalue weighted by Crippen LogP contribution is -2.31.